The van der Waals surface area contributed by atoms with Crippen molar-refractivity contribution in [3.8, 4) is 0 Å². The molecule has 0 saturated carbocycles. The number of halogens is 1. The lowest BCUT2D eigenvalue weighted by atomic mass is 10.1. The van der Waals surface area contributed by atoms with Gasteiger partial charge in [-0.2, -0.15) is 0 Å². The van der Waals surface area contributed by atoms with E-state index in [2.05, 4.69) is 16.8 Å². The summed E-state index contributed by atoms with van der Waals surface area (Å²) >= 11 is 6.33. The van der Waals surface area contributed by atoms with Crippen molar-refractivity contribution < 1.29 is 0 Å². The molecule has 0 aliphatic carbocycles. The van der Waals surface area contributed by atoms with Gasteiger partial charge in [-0.25, -0.2) is 4.98 Å². The van der Waals surface area contributed by atoms with E-state index in [1.54, 1.807) is 6.20 Å². The molecule has 1 fully saturated rings. The quantitative estimate of drug-likeness (QED) is 0.882. The van der Waals surface area contributed by atoms with Crippen LogP contribution in [0.1, 0.15) is 31.7 Å². The molecular formula is C12H18ClN3. The van der Waals surface area contributed by atoms with Crippen molar-refractivity contribution in [2.45, 2.75) is 38.8 Å². The monoisotopic (exact) mass is 239 g/mol. The topological polar surface area (TPSA) is 42.2 Å². The molecule has 2 rings (SSSR count). The summed E-state index contributed by atoms with van der Waals surface area (Å²) in [7, 11) is 0. The summed E-state index contributed by atoms with van der Waals surface area (Å²) < 4.78 is 0. The molecule has 1 saturated heterocycles. The third-order valence-corrected chi connectivity index (χ3v) is 3.70. The highest BCUT2D eigenvalue weighted by atomic mass is 35.5. The average molecular weight is 240 g/mol. The van der Waals surface area contributed by atoms with E-state index in [-0.39, 0.29) is 0 Å². The molecule has 1 unspecified atom stereocenters. The molecule has 1 aromatic heterocycles. The Bertz CT molecular complexity index is 367. The van der Waals surface area contributed by atoms with Crippen molar-refractivity contribution in [3.05, 3.63) is 22.8 Å². The van der Waals surface area contributed by atoms with Crippen LogP contribution in [-0.4, -0.2) is 17.6 Å². The highest BCUT2D eigenvalue weighted by molar-refractivity contribution is 6.33. The van der Waals surface area contributed by atoms with Crippen LogP contribution in [0.15, 0.2) is 12.3 Å². The first-order valence-corrected chi connectivity index (χ1v) is 6.25. The number of aromatic nitrogens is 1. The molecular weight excluding hydrogens is 222 g/mol. The molecule has 2 heterocycles. The number of nitrogens with two attached hydrogens (primary N) is 1. The molecule has 2 N–H and O–H groups in total. The minimum Gasteiger partial charge on any atom is -0.352 e. The van der Waals surface area contributed by atoms with Crippen molar-refractivity contribution in [1.82, 2.24) is 4.98 Å². The first-order chi connectivity index (χ1) is 7.77. The number of hydrogen-bond acceptors (Lipinski definition) is 3. The van der Waals surface area contributed by atoms with E-state index < -0.39 is 0 Å². The Labute approximate surface area is 102 Å². The van der Waals surface area contributed by atoms with Gasteiger partial charge >= 0.3 is 0 Å². The Morgan fingerprint density at radius 3 is 3.12 bits per heavy atom. The molecule has 1 aliphatic rings. The van der Waals surface area contributed by atoms with Crippen molar-refractivity contribution in [2.75, 3.05) is 11.4 Å². The average Bonchev–Trinajstić information content (AvgIpc) is 2.77. The summed E-state index contributed by atoms with van der Waals surface area (Å²) in [5.74, 6) is 0.911. The summed E-state index contributed by atoms with van der Waals surface area (Å²) in [6, 6.07) is 2.47. The largest absolute Gasteiger partial charge is 0.352 e. The van der Waals surface area contributed by atoms with Crippen molar-refractivity contribution in [1.29, 1.82) is 0 Å². The molecule has 3 nitrogen and oxygen atoms in total. The van der Waals surface area contributed by atoms with Crippen LogP contribution in [0.4, 0.5) is 5.82 Å². The van der Waals surface area contributed by atoms with Gasteiger partial charge in [0.25, 0.3) is 0 Å². The lowest BCUT2D eigenvalue weighted by Gasteiger charge is -2.26. The first-order valence-electron chi connectivity index (χ1n) is 5.88. The molecule has 1 aliphatic heterocycles. The van der Waals surface area contributed by atoms with Crippen molar-refractivity contribution in [2.24, 2.45) is 5.73 Å². The minimum atomic E-state index is 0.471. The maximum Gasteiger partial charge on any atom is 0.147 e. The van der Waals surface area contributed by atoms with E-state index in [0.29, 0.717) is 12.6 Å². The van der Waals surface area contributed by atoms with Crippen LogP contribution in [0.5, 0.6) is 0 Å². The zero-order valence-corrected chi connectivity index (χ0v) is 10.4. The zero-order valence-electron chi connectivity index (χ0n) is 9.62. The minimum absolute atomic E-state index is 0.471. The molecule has 1 atom stereocenters. The van der Waals surface area contributed by atoms with Gasteiger partial charge in [-0.1, -0.05) is 18.5 Å². The summed E-state index contributed by atoms with van der Waals surface area (Å²) in [5.41, 5.74) is 6.63. The third kappa shape index (κ3) is 2.02. The molecule has 4 heteroatoms. The fraction of sp³-hybridized carbons (Fsp3) is 0.583. The van der Waals surface area contributed by atoms with E-state index in [4.69, 9.17) is 17.3 Å². The van der Waals surface area contributed by atoms with E-state index in [1.165, 1.54) is 12.8 Å². The number of rotatable bonds is 3. The second kappa shape index (κ2) is 5.02. The van der Waals surface area contributed by atoms with Gasteiger partial charge in [0.2, 0.25) is 0 Å². The van der Waals surface area contributed by atoms with Crippen LogP contribution >= 0.6 is 11.6 Å². The van der Waals surface area contributed by atoms with Gasteiger partial charge < -0.3 is 10.6 Å². The number of nitrogens with zero attached hydrogens (tertiary/aromatic N) is 2. The summed E-state index contributed by atoms with van der Waals surface area (Å²) in [6.45, 7) is 3.74. The van der Waals surface area contributed by atoms with Crippen LogP contribution in [0, 0.1) is 0 Å². The molecule has 88 valence electrons. The predicted octanol–water partition coefficient (Wildman–Crippen LogP) is 2.57. The molecule has 0 bridgehead atoms. The Morgan fingerprint density at radius 1 is 1.62 bits per heavy atom. The Balaban J connectivity index is 2.32. The standard InChI is InChI=1S/C12H18ClN3/c1-2-10-4-3-7-16(10)12-11(13)9(8-14)5-6-15-12/h5-6,10H,2-4,7-8,14H2,1H3. The van der Waals surface area contributed by atoms with E-state index >= 15 is 0 Å². The molecule has 1 aromatic rings. The predicted molar refractivity (Wildman–Crippen MR) is 67.8 cm³/mol. The fourth-order valence-corrected chi connectivity index (χ4v) is 2.67. The number of hydrogen-bond donors (Lipinski definition) is 1. The zero-order chi connectivity index (χ0) is 11.5. The van der Waals surface area contributed by atoms with Crippen LogP contribution in [-0.2, 0) is 6.54 Å². The first kappa shape index (κ1) is 11.7. The van der Waals surface area contributed by atoms with E-state index in [0.717, 1.165) is 29.4 Å². The van der Waals surface area contributed by atoms with E-state index in [9.17, 15) is 0 Å². The van der Waals surface area contributed by atoms with Gasteiger partial charge in [0.15, 0.2) is 0 Å². The fourth-order valence-electron chi connectivity index (χ4n) is 2.37. The van der Waals surface area contributed by atoms with Crippen molar-refractivity contribution >= 4 is 17.4 Å². The van der Waals surface area contributed by atoms with E-state index in [1.807, 2.05) is 6.07 Å². The second-order valence-corrected chi connectivity index (χ2v) is 4.59. The highest BCUT2D eigenvalue weighted by Gasteiger charge is 2.26. The lowest BCUT2D eigenvalue weighted by molar-refractivity contribution is 0.640. The van der Waals surface area contributed by atoms with Gasteiger partial charge in [-0.05, 0) is 30.9 Å². The Kier molecular flexibility index (Phi) is 3.66. The molecule has 16 heavy (non-hydrogen) atoms. The molecule has 0 aromatic carbocycles. The molecule has 0 radical (unpaired) electrons. The molecule has 0 amide bonds. The third-order valence-electron chi connectivity index (χ3n) is 3.29. The van der Waals surface area contributed by atoms with Gasteiger partial charge in [0.05, 0.1) is 5.02 Å². The molecule has 0 spiro atoms. The smallest absolute Gasteiger partial charge is 0.147 e. The Hall–Kier alpha value is -0.800. The van der Waals surface area contributed by atoms with Crippen LogP contribution in [0.2, 0.25) is 5.02 Å². The van der Waals surface area contributed by atoms with Crippen LogP contribution < -0.4 is 10.6 Å². The van der Waals surface area contributed by atoms with Crippen LogP contribution in [0.3, 0.4) is 0 Å². The number of pyridine rings is 1. The normalized spacial score (nSPS) is 20.4. The maximum absolute atomic E-state index is 6.33. The SMILES string of the molecule is CCC1CCCN1c1nccc(CN)c1Cl. The maximum atomic E-state index is 6.33. The summed E-state index contributed by atoms with van der Waals surface area (Å²) in [4.78, 5) is 6.73. The summed E-state index contributed by atoms with van der Waals surface area (Å²) in [5, 5.41) is 0.727. The number of anilines is 1. The highest BCUT2D eigenvalue weighted by Crippen LogP contribution is 2.32. The van der Waals surface area contributed by atoms with Gasteiger partial charge in [0, 0.05) is 25.3 Å². The van der Waals surface area contributed by atoms with Gasteiger partial charge in [0.1, 0.15) is 5.82 Å². The van der Waals surface area contributed by atoms with Crippen molar-refractivity contribution in [3.63, 3.8) is 0 Å². The van der Waals surface area contributed by atoms with Gasteiger partial charge in [-0.15, -0.1) is 0 Å². The van der Waals surface area contributed by atoms with Gasteiger partial charge in [-0.3, -0.25) is 0 Å². The Morgan fingerprint density at radius 2 is 2.44 bits per heavy atom. The second-order valence-electron chi connectivity index (χ2n) is 4.21. The lowest BCUT2D eigenvalue weighted by Crippen LogP contribution is -2.29. The van der Waals surface area contributed by atoms with Crippen LogP contribution in [0.25, 0.3) is 0 Å². The summed E-state index contributed by atoms with van der Waals surface area (Å²) in [6.07, 6.45) is 5.41.